The van der Waals surface area contributed by atoms with Crippen molar-refractivity contribution in [3.8, 4) is 17.0 Å². The van der Waals surface area contributed by atoms with Gasteiger partial charge in [-0.05, 0) is 30.7 Å². The van der Waals surface area contributed by atoms with E-state index in [0.717, 1.165) is 5.56 Å². The Kier molecular flexibility index (Phi) is 6.71. The van der Waals surface area contributed by atoms with E-state index in [2.05, 4.69) is 20.4 Å². The van der Waals surface area contributed by atoms with E-state index in [1.165, 1.54) is 28.7 Å². The number of nitrogens with one attached hydrogen (secondary N) is 2. The van der Waals surface area contributed by atoms with Crippen LogP contribution in [0.3, 0.4) is 0 Å². The van der Waals surface area contributed by atoms with Gasteiger partial charge in [-0.3, -0.25) is 14.9 Å². The summed E-state index contributed by atoms with van der Waals surface area (Å²) in [7, 11) is 0. The maximum absolute atomic E-state index is 12.7. The monoisotopic (exact) mass is 465 g/mol. The Labute approximate surface area is 186 Å². The molecule has 3 rings (SSSR count). The number of aromatic nitrogens is 1. The van der Waals surface area contributed by atoms with Gasteiger partial charge in [-0.25, -0.2) is 4.98 Å². The van der Waals surface area contributed by atoms with E-state index in [4.69, 9.17) is 0 Å². The molecule has 1 aromatic carbocycles. The molecule has 2 heterocycles. The van der Waals surface area contributed by atoms with Crippen LogP contribution in [0.2, 0.25) is 0 Å². The number of benzene rings is 1. The van der Waals surface area contributed by atoms with Crippen molar-refractivity contribution in [2.45, 2.75) is 34.3 Å². The lowest BCUT2D eigenvalue weighted by Crippen LogP contribution is -2.27. The molecule has 6 nitrogen and oxygen atoms in total. The first kappa shape index (κ1) is 22.8. The third-order valence-electron chi connectivity index (χ3n) is 4.15. The van der Waals surface area contributed by atoms with Crippen LogP contribution in [0.25, 0.3) is 11.3 Å². The van der Waals surface area contributed by atoms with E-state index >= 15 is 0 Å². The molecule has 0 atom stereocenters. The van der Waals surface area contributed by atoms with Crippen molar-refractivity contribution in [1.29, 1.82) is 0 Å². The third-order valence-corrected chi connectivity index (χ3v) is 6.05. The van der Waals surface area contributed by atoms with Gasteiger partial charge in [0.15, 0.2) is 5.13 Å². The van der Waals surface area contributed by atoms with Crippen molar-refractivity contribution in [2.75, 3.05) is 10.6 Å². The Morgan fingerprint density at radius 2 is 1.87 bits per heavy atom. The first-order chi connectivity index (χ1) is 14.5. The fourth-order valence-electron chi connectivity index (χ4n) is 2.55. The summed E-state index contributed by atoms with van der Waals surface area (Å²) >= 11 is 2.34. The van der Waals surface area contributed by atoms with Crippen LogP contribution in [0.4, 0.5) is 18.9 Å². The number of anilines is 2. The summed E-state index contributed by atoms with van der Waals surface area (Å²) in [5.74, 6) is -0.499. The summed E-state index contributed by atoms with van der Waals surface area (Å²) in [4.78, 5) is 29.7. The van der Waals surface area contributed by atoms with Crippen LogP contribution in [-0.2, 0) is 4.79 Å². The van der Waals surface area contributed by atoms with Crippen LogP contribution in [0, 0.1) is 12.3 Å². The average Bonchev–Trinajstić information content (AvgIpc) is 3.27. The van der Waals surface area contributed by atoms with E-state index < -0.39 is 12.0 Å². The number of carbonyl (C=O) groups is 2. The highest BCUT2D eigenvalue weighted by atomic mass is 32.1. The summed E-state index contributed by atoms with van der Waals surface area (Å²) in [6, 6.07) is 8.07. The summed E-state index contributed by atoms with van der Waals surface area (Å²) < 4.78 is 29.8. The van der Waals surface area contributed by atoms with Gasteiger partial charge in [0.2, 0.25) is 5.91 Å². The summed E-state index contributed by atoms with van der Waals surface area (Å²) in [6.07, 6.45) is 0. The molecule has 0 saturated heterocycles. The lowest BCUT2D eigenvalue weighted by Gasteiger charge is -2.16. The Bertz CT molecular complexity index is 1100. The van der Waals surface area contributed by atoms with Crippen LogP contribution in [0.15, 0.2) is 35.7 Å². The highest BCUT2D eigenvalue weighted by molar-refractivity contribution is 7.18. The maximum Gasteiger partial charge on any atom is 0.387 e. The molecule has 0 fully saturated rings. The number of halogens is 2. The number of ether oxygens (including phenoxy) is 1. The zero-order valence-corrected chi connectivity index (χ0v) is 18.9. The van der Waals surface area contributed by atoms with Crippen molar-refractivity contribution in [1.82, 2.24) is 4.98 Å². The van der Waals surface area contributed by atoms with Crippen molar-refractivity contribution in [3.63, 3.8) is 0 Å². The average molecular weight is 466 g/mol. The fourth-order valence-corrected chi connectivity index (χ4v) is 4.22. The van der Waals surface area contributed by atoms with Gasteiger partial charge in [0.25, 0.3) is 5.91 Å². The molecule has 0 bridgehead atoms. The SMILES string of the molecule is Cc1cc(NC(=O)C(C)(C)C)sc1C(=O)Nc1nc(-c2ccccc2OC(F)F)cs1. The minimum atomic E-state index is -2.95. The number of hydrogen-bond acceptors (Lipinski definition) is 6. The molecule has 0 unspecified atom stereocenters. The lowest BCUT2D eigenvalue weighted by atomic mass is 9.96. The predicted octanol–water partition coefficient (Wildman–Crippen LogP) is 6.02. The largest absolute Gasteiger partial charge is 0.434 e. The van der Waals surface area contributed by atoms with E-state index in [1.54, 1.807) is 57.3 Å². The van der Waals surface area contributed by atoms with E-state index in [1.807, 2.05) is 0 Å². The van der Waals surface area contributed by atoms with Crippen molar-refractivity contribution >= 4 is 44.6 Å². The van der Waals surface area contributed by atoms with Crippen molar-refractivity contribution in [2.24, 2.45) is 5.41 Å². The van der Waals surface area contributed by atoms with E-state index in [9.17, 15) is 18.4 Å². The molecular weight excluding hydrogens is 444 g/mol. The molecular formula is C21H21F2N3O3S2. The lowest BCUT2D eigenvalue weighted by molar-refractivity contribution is -0.123. The quantitative estimate of drug-likeness (QED) is 0.467. The van der Waals surface area contributed by atoms with Gasteiger partial charge in [0.05, 0.1) is 15.6 Å². The smallest absolute Gasteiger partial charge is 0.387 e. The number of amides is 2. The normalized spacial score (nSPS) is 11.5. The zero-order chi connectivity index (χ0) is 22.8. The number of aryl methyl sites for hydroxylation is 1. The van der Waals surface area contributed by atoms with Crippen LogP contribution in [-0.4, -0.2) is 23.4 Å². The van der Waals surface area contributed by atoms with Gasteiger partial charge >= 0.3 is 6.61 Å². The van der Waals surface area contributed by atoms with Gasteiger partial charge in [-0.15, -0.1) is 22.7 Å². The highest BCUT2D eigenvalue weighted by Crippen LogP contribution is 2.34. The Morgan fingerprint density at radius 3 is 2.55 bits per heavy atom. The van der Waals surface area contributed by atoms with E-state index in [-0.39, 0.29) is 17.6 Å². The van der Waals surface area contributed by atoms with Crippen LogP contribution < -0.4 is 15.4 Å². The van der Waals surface area contributed by atoms with E-state index in [0.29, 0.717) is 26.3 Å². The highest BCUT2D eigenvalue weighted by Gasteiger charge is 2.23. The molecule has 164 valence electrons. The maximum atomic E-state index is 12.7. The Hall–Kier alpha value is -2.85. The molecule has 31 heavy (non-hydrogen) atoms. The minimum Gasteiger partial charge on any atom is -0.434 e. The molecule has 0 aliphatic carbocycles. The number of thiazole rings is 1. The van der Waals surface area contributed by atoms with Gasteiger partial charge in [-0.2, -0.15) is 8.78 Å². The van der Waals surface area contributed by atoms with Gasteiger partial charge in [-0.1, -0.05) is 32.9 Å². The molecule has 0 aliphatic heterocycles. The molecule has 0 aliphatic rings. The molecule has 2 aromatic heterocycles. The predicted molar refractivity (Wildman–Crippen MR) is 119 cm³/mol. The van der Waals surface area contributed by atoms with Gasteiger partial charge in [0, 0.05) is 16.4 Å². The number of rotatable bonds is 6. The molecule has 10 heteroatoms. The Morgan fingerprint density at radius 1 is 1.16 bits per heavy atom. The van der Waals surface area contributed by atoms with Gasteiger partial charge < -0.3 is 10.1 Å². The fraction of sp³-hybridized carbons (Fsp3) is 0.286. The molecule has 2 N–H and O–H groups in total. The topological polar surface area (TPSA) is 80.3 Å². The molecule has 2 amide bonds. The van der Waals surface area contributed by atoms with Crippen LogP contribution in [0.5, 0.6) is 5.75 Å². The number of alkyl halides is 2. The minimum absolute atomic E-state index is 0.00834. The number of para-hydroxylation sites is 1. The summed E-state index contributed by atoms with van der Waals surface area (Å²) in [5, 5.41) is 8.10. The van der Waals surface area contributed by atoms with Crippen molar-refractivity contribution in [3.05, 3.63) is 46.2 Å². The number of carbonyl (C=O) groups excluding carboxylic acids is 2. The standard InChI is InChI=1S/C21H21F2N3O3S2/c1-11-9-15(25-18(28)21(2,3)4)31-16(11)17(27)26-20-24-13(10-30-20)12-7-5-6-8-14(12)29-19(22)23/h5-10,19H,1-4H3,(H,25,28)(H,24,26,27). The number of hydrogen-bond donors (Lipinski definition) is 2. The second-order valence-electron chi connectivity index (χ2n) is 7.69. The molecule has 3 aromatic rings. The molecule has 0 spiro atoms. The second-order valence-corrected chi connectivity index (χ2v) is 9.60. The second kappa shape index (κ2) is 9.11. The summed E-state index contributed by atoms with van der Waals surface area (Å²) in [5.41, 5.74) is 0.984. The first-order valence-corrected chi connectivity index (χ1v) is 11.0. The van der Waals surface area contributed by atoms with Crippen molar-refractivity contribution < 1.29 is 23.1 Å². The molecule has 0 saturated carbocycles. The number of thiophene rings is 1. The van der Waals surface area contributed by atoms with Gasteiger partial charge in [0.1, 0.15) is 5.75 Å². The van der Waals surface area contributed by atoms with Crippen LogP contribution in [0.1, 0.15) is 36.0 Å². The zero-order valence-electron chi connectivity index (χ0n) is 17.3. The Balaban J connectivity index is 1.75. The number of nitrogens with zero attached hydrogens (tertiary/aromatic N) is 1. The summed E-state index contributed by atoms with van der Waals surface area (Å²) in [6.45, 7) is 4.25. The third kappa shape index (κ3) is 5.65. The first-order valence-electron chi connectivity index (χ1n) is 9.27. The van der Waals surface area contributed by atoms with Crippen LogP contribution >= 0.6 is 22.7 Å². The molecule has 0 radical (unpaired) electrons.